The Morgan fingerprint density at radius 2 is 1.41 bits per heavy atom. The van der Waals surface area contributed by atoms with Crippen LogP contribution < -0.4 is 0 Å². The van der Waals surface area contributed by atoms with Gasteiger partial charge in [-0.2, -0.15) is 0 Å². The van der Waals surface area contributed by atoms with Gasteiger partial charge in [0, 0.05) is 12.3 Å². The summed E-state index contributed by atoms with van der Waals surface area (Å²) in [6.07, 6.45) is 15.9. The fraction of sp³-hybridized carbons (Fsp3) is 0.947. The topological polar surface area (TPSA) is 26.3 Å². The van der Waals surface area contributed by atoms with Gasteiger partial charge >= 0.3 is 5.97 Å². The zero-order chi connectivity index (χ0) is 16.5. The molecule has 1 atom stereocenters. The summed E-state index contributed by atoms with van der Waals surface area (Å²) in [4.78, 5) is 11.8. The third-order valence-electron chi connectivity index (χ3n) is 4.07. The van der Waals surface area contributed by atoms with Crippen LogP contribution in [0, 0.1) is 0 Å². The molecule has 0 aliphatic carbocycles. The number of ether oxygens (including phenoxy) is 1. The van der Waals surface area contributed by atoms with Crippen LogP contribution >= 0.6 is 11.6 Å². The Hall–Kier alpha value is -0.240. The molecule has 132 valence electrons. The summed E-state index contributed by atoms with van der Waals surface area (Å²) >= 11 is 5.64. The maximum absolute atomic E-state index is 11.8. The minimum Gasteiger partial charge on any atom is -0.462 e. The predicted octanol–water partition coefficient (Wildman–Crippen LogP) is 6.64. The Bertz CT molecular complexity index is 244. The molecule has 0 aliphatic heterocycles. The fourth-order valence-electron chi connectivity index (χ4n) is 2.63. The Morgan fingerprint density at radius 1 is 0.818 bits per heavy atom. The van der Waals surface area contributed by atoms with Gasteiger partial charge < -0.3 is 4.74 Å². The number of rotatable bonds is 16. The molecule has 2 nitrogen and oxygen atoms in total. The van der Waals surface area contributed by atoms with Crippen molar-refractivity contribution in [2.24, 2.45) is 0 Å². The molecule has 0 saturated heterocycles. The summed E-state index contributed by atoms with van der Waals surface area (Å²) in [5.74, 6) is 0.596. The first-order valence-corrected chi connectivity index (χ1v) is 10.0. The van der Waals surface area contributed by atoms with E-state index in [-0.39, 0.29) is 12.1 Å². The number of carbonyl (C=O) groups is 1. The number of alkyl halides is 1. The van der Waals surface area contributed by atoms with Crippen LogP contribution in [0.1, 0.15) is 104 Å². The summed E-state index contributed by atoms with van der Waals surface area (Å²) in [5.41, 5.74) is 0. The minimum atomic E-state index is -0.0332. The minimum absolute atomic E-state index is 0.0332. The van der Waals surface area contributed by atoms with E-state index in [1.807, 2.05) is 0 Å². The van der Waals surface area contributed by atoms with Crippen LogP contribution in [-0.2, 0) is 9.53 Å². The maximum atomic E-state index is 11.8. The van der Waals surface area contributed by atoms with Gasteiger partial charge in [0.1, 0.15) is 6.10 Å². The van der Waals surface area contributed by atoms with Crippen LogP contribution in [0.15, 0.2) is 0 Å². The Kier molecular flexibility index (Phi) is 16.9. The van der Waals surface area contributed by atoms with Gasteiger partial charge in [0.2, 0.25) is 0 Å². The molecule has 0 N–H and O–H groups in total. The molecule has 0 aromatic heterocycles. The highest BCUT2D eigenvalue weighted by molar-refractivity contribution is 6.17. The largest absolute Gasteiger partial charge is 0.462 e. The quantitative estimate of drug-likeness (QED) is 0.180. The second-order valence-corrected chi connectivity index (χ2v) is 6.69. The maximum Gasteiger partial charge on any atom is 0.306 e. The van der Waals surface area contributed by atoms with Crippen molar-refractivity contribution in [3.8, 4) is 0 Å². The number of hydrogen-bond donors (Lipinski definition) is 0. The highest BCUT2D eigenvalue weighted by Gasteiger charge is 2.13. The summed E-state index contributed by atoms with van der Waals surface area (Å²) in [6.45, 7) is 4.44. The molecule has 0 amide bonds. The fourth-order valence-corrected chi connectivity index (χ4v) is 2.82. The highest BCUT2D eigenvalue weighted by Crippen LogP contribution is 2.16. The van der Waals surface area contributed by atoms with E-state index in [0.29, 0.717) is 12.3 Å². The molecular weight excluding hydrogens is 296 g/mol. The van der Waals surface area contributed by atoms with Crippen LogP contribution in [0.2, 0.25) is 0 Å². The van der Waals surface area contributed by atoms with E-state index < -0.39 is 0 Å². The van der Waals surface area contributed by atoms with Crippen molar-refractivity contribution >= 4 is 17.6 Å². The first kappa shape index (κ1) is 21.8. The second kappa shape index (κ2) is 17.1. The molecule has 0 spiro atoms. The standard InChI is InChI=1S/C19H37ClO2/c1-3-5-7-8-9-10-11-15-18(14-6-4-2)22-19(21)16-12-13-17-20/h18H,3-17H2,1-2H3. The number of unbranched alkanes of at least 4 members (excludes halogenated alkanes) is 8. The van der Waals surface area contributed by atoms with Crippen molar-refractivity contribution in [2.45, 2.75) is 110 Å². The zero-order valence-electron chi connectivity index (χ0n) is 14.9. The van der Waals surface area contributed by atoms with Crippen LogP contribution in [0.5, 0.6) is 0 Å². The lowest BCUT2D eigenvalue weighted by Crippen LogP contribution is -2.18. The number of carbonyl (C=O) groups excluding carboxylic acids is 1. The highest BCUT2D eigenvalue weighted by atomic mass is 35.5. The Labute approximate surface area is 143 Å². The molecule has 3 heteroatoms. The van der Waals surface area contributed by atoms with Crippen LogP contribution in [-0.4, -0.2) is 18.0 Å². The van der Waals surface area contributed by atoms with Gasteiger partial charge in [0.25, 0.3) is 0 Å². The van der Waals surface area contributed by atoms with Crippen molar-refractivity contribution in [3.05, 3.63) is 0 Å². The Morgan fingerprint density at radius 3 is 2.05 bits per heavy atom. The molecule has 0 heterocycles. The van der Waals surface area contributed by atoms with Gasteiger partial charge in [-0.25, -0.2) is 0 Å². The monoisotopic (exact) mass is 332 g/mol. The lowest BCUT2D eigenvalue weighted by Gasteiger charge is -2.17. The smallest absolute Gasteiger partial charge is 0.306 e. The first-order chi connectivity index (χ1) is 10.7. The summed E-state index contributed by atoms with van der Waals surface area (Å²) in [6, 6.07) is 0. The average molecular weight is 333 g/mol. The molecule has 0 rings (SSSR count). The van der Waals surface area contributed by atoms with Crippen LogP contribution in [0.4, 0.5) is 0 Å². The van der Waals surface area contributed by atoms with Gasteiger partial charge in [0.15, 0.2) is 0 Å². The van der Waals surface area contributed by atoms with Crippen molar-refractivity contribution in [1.82, 2.24) is 0 Å². The van der Waals surface area contributed by atoms with Gasteiger partial charge in [-0.15, -0.1) is 11.6 Å². The molecule has 0 bridgehead atoms. The molecular formula is C19H37ClO2. The van der Waals surface area contributed by atoms with Crippen molar-refractivity contribution < 1.29 is 9.53 Å². The first-order valence-electron chi connectivity index (χ1n) is 9.50. The van der Waals surface area contributed by atoms with E-state index >= 15 is 0 Å². The number of hydrogen-bond acceptors (Lipinski definition) is 2. The van der Waals surface area contributed by atoms with E-state index in [9.17, 15) is 4.79 Å². The van der Waals surface area contributed by atoms with Gasteiger partial charge in [-0.05, 0) is 32.1 Å². The van der Waals surface area contributed by atoms with E-state index in [0.717, 1.165) is 38.5 Å². The molecule has 0 radical (unpaired) electrons. The van der Waals surface area contributed by atoms with Crippen molar-refractivity contribution in [1.29, 1.82) is 0 Å². The molecule has 0 fully saturated rings. The SMILES string of the molecule is CCCCCCCCCC(CCCC)OC(=O)CCCCCl. The Balaban J connectivity index is 3.79. The molecule has 0 saturated carbocycles. The average Bonchev–Trinajstić information content (AvgIpc) is 2.51. The molecule has 0 aromatic carbocycles. The summed E-state index contributed by atoms with van der Waals surface area (Å²) in [5, 5.41) is 0. The van der Waals surface area contributed by atoms with Crippen molar-refractivity contribution in [2.75, 3.05) is 5.88 Å². The normalized spacial score (nSPS) is 12.3. The third kappa shape index (κ3) is 14.7. The lowest BCUT2D eigenvalue weighted by molar-refractivity contribution is -0.150. The molecule has 0 aromatic rings. The summed E-state index contributed by atoms with van der Waals surface area (Å²) < 4.78 is 5.66. The van der Waals surface area contributed by atoms with Crippen LogP contribution in [0.25, 0.3) is 0 Å². The number of halogens is 1. The summed E-state index contributed by atoms with van der Waals surface area (Å²) in [7, 11) is 0. The van der Waals surface area contributed by atoms with Gasteiger partial charge in [-0.3, -0.25) is 4.79 Å². The van der Waals surface area contributed by atoms with E-state index in [1.165, 1.54) is 44.9 Å². The lowest BCUT2D eigenvalue weighted by atomic mass is 10.0. The van der Waals surface area contributed by atoms with E-state index in [2.05, 4.69) is 13.8 Å². The van der Waals surface area contributed by atoms with E-state index in [1.54, 1.807) is 0 Å². The zero-order valence-corrected chi connectivity index (χ0v) is 15.6. The van der Waals surface area contributed by atoms with Crippen LogP contribution in [0.3, 0.4) is 0 Å². The number of esters is 1. The van der Waals surface area contributed by atoms with Gasteiger partial charge in [-0.1, -0.05) is 65.2 Å². The van der Waals surface area contributed by atoms with Crippen molar-refractivity contribution in [3.63, 3.8) is 0 Å². The predicted molar refractivity (Wildman–Crippen MR) is 96.6 cm³/mol. The van der Waals surface area contributed by atoms with E-state index in [4.69, 9.17) is 16.3 Å². The molecule has 1 unspecified atom stereocenters. The third-order valence-corrected chi connectivity index (χ3v) is 4.34. The molecule has 0 aliphatic rings. The van der Waals surface area contributed by atoms with Gasteiger partial charge in [0.05, 0.1) is 0 Å². The molecule has 22 heavy (non-hydrogen) atoms. The second-order valence-electron chi connectivity index (χ2n) is 6.31.